The molecule has 0 bridgehead atoms. The van der Waals surface area contributed by atoms with E-state index >= 15 is 0 Å². The third kappa shape index (κ3) is 10.6. The molecule has 1 aliphatic rings. The third-order valence-electron chi connectivity index (χ3n) is 3.65. The van der Waals surface area contributed by atoms with Crippen LogP contribution in [0.3, 0.4) is 0 Å². The first kappa shape index (κ1) is 19.9. The quantitative estimate of drug-likeness (QED) is 0.479. The van der Waals surface area contributed by atoms with Gasteiger partial charge in [-0.05, 0) is 25.7 Å². The Balaban J connectivity index is 2.34. The van der Waals surface area contributed by atoms with Crippen molar-refractivity contribution in [2.75, 3.05) is 26.2 Å². The zero-order valence-corrected chi connectivity index (χ0v) is 14.1. The maximum absolute atomic E-state index is 11.6. The zero-order chi connectivity index (χ0) is 17.6. The zero-order valence-electron chi connectivity index (χ0n) is 14.1. The molecule has 0 unspecified atom stereocenters. The van der Waals surface area contributed by atoms with Gasteiger partial charge >= 0.3 is 0 Å². The van der Waals surface area contributed by atoms with Crippen molar-refractivity contribution in [1.82, 2.24) is 21.3 Å². The fourth-order valence-electron chi connectivity index (χ4n) is 2.22. The van der Waals surface area contributed by atoms with Crippen molar-refractivity contribution in [2.24, 2.45) is 0 Å². The van der Waals surface area contributed by atoms with Crippen LogP contribution in [0.4, 0.5) is 0 Å². The average Bonchev–Trinajstić information content (AvgIpc) is 2.56. The summed E-state index contributed by atoms with van der Waals surface area (Å²) >= 11 is 0. The highest BCUT2D eigenvalue weighted by Gasteiger charge is 2.08. The van der Waals surface area contributed by atoms with Gasteiger partial charge in [-0.3, -0.25) is 19.2 Å². The van der Waals surface area contributed by atoms with E-state index in [9.17, 15) is 19.2 Å². The maximum Gasteiger partial charge on any atom is 0.220 e. The molecule has 0 radical (unpaired) electrons. The molecule has 0 spiro atoms. The predicted octanol–water partition coefficient (Wildman–Crippen LogP) is -0.414. The number of carbonyl (C=O) groups excluding carboxylic acids is 4. The molecule has 8 heteroatoms. The standard InChI is InChI=1S/C16H28N4O4/c21-13-5-6-15(23)19-11-3-4-12-20-16(24)8-7-14(22)18-10-2-1-9-17-13/h1-12H2,(H,17,21)(H,18,22)(H,19,23)(H,20,24). The Morgan fingerprint density at radius 1 is 0.417 bits per heavy atom. The summed E-state index contributed by atoms with van der Waals surface area (Å²) in [7, 11) is 0. The van der Waals surface area contributed by atoms with Gasteiger partial charge in [-0.25, -0.2) is 0 Å². The molecule has 0 aromatic carbocycles. The van der Waals surface area contributed by atoms with Crippen LogP contribution in [0.5, 0.6) is 0 Å². The molecule has 1 heterocycles. The first-order chi connectivity index (χ1) is 11.6. The fraction of sp³-hybridized carbons (Fsp3) is 0.750. The van der Waals surface area contributed by atoms with Crippen LogP contribution < -0.4 is 21.3 Å². The van der Waals surface area contributed by atoms with Crippen LogP contribution in [-0.4, -0.2) is 49.8 Å². The summed E-state index contributed by atoms with van der Waals surface area (Å²) in [6, 6.07) is 0. The molecule has 0 atom stereocenters. The van der Waals surface area contributed by atoms with E-state index in [1.54, 1.807) is 0 Å². The van der Waals surface area contributed by atoms with E-state index in [1.165, 1.54) is 0 Å². The van der Waals surface area contributed by atoms with Crippen molar-refractivity contribution >= 4 is 23.6 Å². The van der Waals surface area contributed by atoms with Crippen molar-refractivity contribution in [3.8, 4) is 0 Å². The van der Waals surface area contributed by atoms with Gasteiger partial charge in [0, 0.05) is 51.9 Å². The van der Waals surface area contributed by atoms with Gasteiger partial charge in [0.15, 0.2) is 0 Å². The van der Waals surface area contributed by atoms with Crippen molar-refractivity contribution < 1.29 is 19.2 Å². The van der Waals surface area contributed by atoms with Crippen LogP contribution >= 0.6 is 0 Å². The van der Waals surface area contributed by atoms with Crippen LogP contribution in [0.15, 0.2) is 0 Å². The highest BCUT2D eigenvalue weighted by molar-refractivity contribution is 5.84. The minimum Gasteiger partial charge on any atom is -0.356 e. The van der Waals surface area contributed by atoms with E-state index in [-0.39, 0.29) is 49.3 Å². The SMILES string of the molecule is O=C1CCC(=O)NCCCCNC(=O)CCC(=O)NCCCCN1. The summed E-state index contributed by atoms with van der Waals surface area (Å²) < 4.78 is 0. The summed E-state index contributed by atoms with van der Waals surface area (Å²) in [6.45, 7) is 2.11. The van der Waals surface area contributed by atoms with Crippen LogP contribution in [-0.2, 0) is 19.2 Å². The molecular formula is C16H28N4O4. The lowest BCUT2D eigenvalue weighted by atomic mass is 10.2. The van der Waals surface area contributed by atoms with Gasteiger partial charge in [0.05, 0.1) is 0 Å². The fourth-order valence-corrected chi connectivity index (χ4v) is 2.22. The number of rotatable bonds is 0. The molecule has 24 heavy (non-hydrogen) atoms. The van der Waals surface area contributed by atoms with E-state index in [0.29, 0.717) is 26.2 Å². The smallest absolute Gasteiger partial charge is 0.220 e. The first-order valence-corrected chi connectivity index (χ1v) is 8.64. The minimum absolute atomic E-state index is 0.133. The molecule has 4 amide bonds. The second-order valence-corrected chi connectivity index (χ2v) is 5.81. The van der Waals surface area contributed by atoms with Crippen molar-refractivity contribution in [3.63, 3.8) is 0 Å². The number of nitrogens with one attached hydrogen (secondary N) is 4. The predicted molar refractivity (Wildman–Crippen MR) is 89.0 cm³/mol. The number of hydrogen-bond acceptors (Lipinski definition) is 4. The number of amides is 4. The van der Waals surface area contributed by atoms with Gasteiger partial charge in [-0.2, -0.15) is 0 Å². The largest absolute Gasteiger partial charge is 0.356 e. The van der Waals surface area contributed by atoms with Gasteiger partial charge in [-0.15, -0.1) is 0 Å². The Hall–Kier alpha value is -2.12. The van der Waals surface area contributed by atoms with Crippen molar-refractivity contribution in [3.05, 3.63) is 0 Å². The monoisotopic (exact) mass is 340 g/mol. The van der Waals surface area contributed by atoms with Crippen LogP contribution in [0.1, 0.15) is 51.4 Å². The normalized spacial score (nSPS) is 21.0. The van der Waals surface area contributed by atoms with Gasteiger partial charge < -0.3 is 21.3 Å². The molecule has 1 saturated heterocycles. The Bertz CT molecular complexity index is 360. The molecule has 4 N–H and O–H groups in total. The number of carbonyl (C=O) groups is 4. The van der Waals surface area contributed by atoms with E-state index in [4.69, 9.17) is 0 Å². The van der Waals surface area contributed by atoms with Crippen molar-refractivity contribution in [2.45, 2.75) is 51.4 Å². The summed E-state index contributed by atoms with van der Waals surface area (Å²) in [5.41, 5.74) is 0. The summed E-state index contributed by atoms with van der Waals surface area (Å²) in [5, 5.41) is 11.0. The molecule has 0 aromatic rings. The van der Waals surface area contributed by atoms with Gasteiger partial charge in [-0.1, -0.05) is 0 Å². The van der Waals surface area contributed by atoms with Gasteiger partial charge in [0.2, 0.25) is 23.6 Å². The third-order valence-corrected chi connectivity index (χ3v) is 3.65. The lowest BCUT2D eigenvalue weighted by molar-refractivity contribution is -0.126. The van der Waals surface area contributed by atoms with Crippen LogP contribution in [0, 0.1) is 0 Å². The molecule has 1 rings (SSSR count). The molecule has 0 aliphatic carbocycles. The molecular weight excluding hydrogens is 312 g/mol. The summed E-state index contributed by atoms with van der Waals surface area (Å²) in [5.74, 6) is -0.532. The van der Waals surface area contributed by atoms with Crippen molar-refractivity contribution in [1.29, 1.82) is 0 Å². The van der Waals surface area contributed by atoms with E-state index in [0.717, 1.165) is 25.7 Å². The second kappa shape index (κ2) is 12.3. The van der Waals surface area contributed by atoms with E-state index in [1.807, 2.05) is 0 Å². The molecule has 8 nitrogen and oxygen atoms in total. The lowest BCUT2D eigenvalue weighted by Gasteiger charge is -2.09. The molecule has 1 aliphatic heterocycles. The Morgan fingerprint density at radius 2 is 0.625 bits per heavy atom. The second-order valence-electron chi connectivity index (χ2n) is 5.81. The molecule has 0 saturated carbocycles. The maximum atomic E-state index is 11.6. The van der Waals surface area contributed by atoms with E-state index < -0.39 is 0 Å². The highest BCUT2D eigenvalue weighted by atomic mass is 16.2. The van der Waals surface area contributed by atoms with Crippen LogP contribution in [0.25, 0.3) is 0 Å². The Kier molecular flexibility index (Phi) is 10.2. The van der Waals surface area contributed by atoms with Gasteiger partial charge in [0.1, 0.15) is 0 Å². The topological polar surface area (TPSA) is 116 Å². The number of hydrogen-bond donors (Lipinski definition) is 4. The first-order valence-electron chi connectivity index (χ1n) is 8.64. The van der Waals surface area contributed by atoms with Crippen LogP contribution in [0.2, 0.25) is 0 Å². The lowest BCUT2D eigenvalue weighted by Crippen LogP contribution is -2.31. The summed E-state index contributed by atoms with van der Waals surface area (Å²) in [6.07, 6.45) is 3.71. The summed E-state index contributed by atoms with van der Waals surface area (Å²) in [4.78, 5) is 46.3. The molecule has 136 valence electrons. The Labute approximate surface area is 142 Å². The van der Waals surface area contributed by atoms with Gasteiger partial charge in [0.25, 0.3) is 0 Å². The average molecular weight is 340 g/mol. The Morgan fingerprint density at radius 3 is 0.833 bits per heavy atom. The van der Waals surface area contributed by atoms with E-state index in [2.05, 4.69) is 21.3 Å². The molecule has 0 aromatic heterocycles. The highest BCUT2D eigenvalue weighted by Crippen LogP contribution is 1.94. The molecule has 1 fully saturated rings. The minimum atomic E-state index is -0.133.